The van der Waals surface area contributed by atoms with Gasteiger partial charge in [0.15, 0.2) is 0 Å². The van der Waals surface area contributed by atoms with Crippen LogP contribution in [-0.2, 0) is 9.59 Å². The Labute approximate surface area is 146 Å². The van der Waals surface area contributed by atoms with Crippen molar-refractivity contribution in [2.24, 2.45) is 0 Å². The number of aryl methyl sites for hydroxylation is 2. The van der Waals surface area contributed by atoms with Crippen LogP contribution in [-0.4, -0.2) is 28.4 Å². The molecule has 2 aromatic carbocycles. The number of rotatable bonds is 6. The zero-order valence-electron chi connectivity index (χ0n) is 14.3. The number of carbonyl (C=O) groups excluding carboxylic acids is 1. The molecule has 132 valence electrons. The SMILES string of the molecule is Cc1cccc(C(CC(=O)O)CC(=O)O)c1.Cc1cccc(C=O)c1. The fraction of sp³-hybridized carbons (Fsp3) is 0.250. The molecule has 0 aliphatic heterocycles. The molecule has 0 aliphatic rings. The first kappa shape index (κ1) is 20.1. The number of benzene rings is 2. The molecule has 2 rings (SSSR count). The van der Waals surface area contributed by atoms with Crippen LogP contribution in [0.2, 0.25) is 0 Å². The summed E-state index contributed by atoms with van der Waals surface area (Å²) in [6.07, 6.45) is 0.540. The first-order valence-corrected chi connectivity index (χ1v) is 7.83. The third kappa shape index (κ3) is 7.92. The van der Waals surface area contributed by atoms with E-state index in [9.17, 15) is 14.4 Å². The molecule has 0 aromatic heterocycles. The van der Waals surface area contributed by atoms with Crippen LogP contribution in [0.25, 0.3) is 0 Å². The molecule has 0 unspecified atom stereocenters. The van der Waals surface area contributed by atoms with Gasteiger partial charge in [0.05, 0.1) is 12.8 Å². The summed E-state index contributed by atoms with van der Waals surface area (Å²) in [4.78, 5) is 31.5. The van der Waals surface area contributed by atoms with E-state index in [2.05, 4.69) is 0 Å². The first-order valence-electron chi connectivity index (χ1n) is 7.83. The highest BCUT2D eigenvalue weighted by atomic mass is 16.4. The van der Waals surface area contributed by atoms with Crippen LogP contribution < -0.4 is 0 Å². The van der Waals surface area contributed by atoms with Gasteiger partial charge in [-0.1, -0.05) is 53.6 Å². The smallest absolute Gasteiger partial charge is 0.303 e. The largest absolute Gasteiger partial charge is 0.481 e. The number of aldehydes is 1. The Morgan fingerprint density at radius 2 is 1.44 bits per heavy atom. The summed E-state index contributed by atoms with van der Waals surface area (Å²) in [5.41, 5.74) is 3.64. The van der Waals surface area contributed by atoms with Crippen LogP contribution >= 0.6 is 0 Å². The second kappa shape index (κ2) is 10.0. The fourth-order valence-electron chi connectivity index (χ4n) is 2.40. The zero-order chi connectivity index (χ0) is 18.8. The number of carboxylic acids is 2. The predicted octanol–water partition coefficient (Wildman–Crippen LogP) is 3.84. The van der Waals surface area contributed by atoms with Crippen LogP contribution in [0.1, 0.15) is 45.8 Å². The Balaban J connectivity index is 0.000000293. The Kier molecular flexibility index (Phi) is 8.06. The van der Waals surface area contributed by atoms with Crippen molar-refractivity contribution in [3.05, 3.63) is 70.8 Å². The van der Waals surface area contributed by atoms with Crippen molar-refractivity contribution in [3.63, 3.8) is 0 Å². The van der Waals surface area contributed by atoms with Crippen LogP contribution in [0.4, 0.5) is 0 Å². The average molecular weight is 342 g/mol. The molecule has 0 atom stereocenters. The standard InChI is InChI=1S/C12H14O4.C8H8O/c1-8-3-2-4-9(5-8)10(6-11(13)14)7-12(15)16;1-7-3-2-4-8(5-7)6-9/h2-5,10H,6-7H2,1H3,(H,13,14)(H,15,16);2-6H,1H3. The Bertz CT molecular complexity index is 720. The van der Waals surface area contributed by atoms with Gasteiger partial charge in [0.1, 0.15) is 6.29 Å². The lowest BCUT2D eigenvalue weighted by atomic mass is 9.91. The van der Waals surface area contributed by atoms with Crippen molar-refractivity contribution in [2.75, 3.05) is 0 Å². The van der Waals surface area contributed by atoms with Crippen molar-refractivity contribution in [1.82, 2.24) is 0 Å². The monoisotopic (exact) mass is 342 g/mol. The van der Waals surface area contributed by atoms with Crippen molar-refractivity contribution in [1.29, 1.82) is 0 Å². The summed E-state index contributed by atoms with van der Waals surface area (Å²) in [6, 6.07) is 14.8. The summed E-state index contributed by atoms with van der Waals surface area (Å²) in [5, 5.41) is 17.5. The molecule has 0 bridgehead atoms. The Morgan fingerprint density at radius 3 is 1.84 bits per heavy atom. The molecule has 0 heterocycles. The van der Waals surface area contributed by atoms with Crippen LogP contribution in [0, 0.1) is 13.8 Å². The van der Waals surface area contributed by atoms with Gasteiger partial charge in [-0.3, -0.25) is 14.4 Å². The van der Waals surface area contributed by atoms with Gasteiger partial charge in [-0.25, -0.2) is 0 Å². The van der Waals surface area contributed by atoms with E-state index in [1.807, 2.05) is 44.2 Å². The number of aliphatic carboxylic acids is 2. The van der Waals surface area contributed by atoms with Gasteiger partial charge < -0.3 is 10.2 Å². The topological polar surface area (TPSA) is 91.7 Å². The Morgan fingerprint density at radius 1 is 0.920 bits per heavy atom. The molecule has 25 heavy (non-hydrogen) atoms. The fourth-order valence-corrected chi connectivity index (χ4v) is 2.40. The summed E-state index contributed by atoms with van der Waals surface area (Å²) >= 11 is 0. The van der Waals surface area contributed by atoms with E-state index in [0.29, 0.717) is 0 Å². The summed E-state index contributed by atoms with van der Waals surface area (Å²) in [6.45, 7) is 3.86. The highest BCUT2D eigenvalue weighted by Gasteiger charge is 2.18. The molecule has 0 amide bonds. The van der Waals surface area contributed by atoms with Crippen LogP contribution in [0.5, 0.6) is 0 Å². The summed E-state index contributed by atoms with van der Waals surface area (Å²) in [7, 11) is 0. The van der Waals surface area contributed by atoms with Crippen LogP contribution in [0.15, 0.2) is 48.5 Å². The van der Waals surface area contributed by atoms with Gasteiger partial charge in [0.2, 0.25) is 0 Å². The molecule has 5 heteroatoms. The maximum atomic E-state index is 10.7. The van der Waals surface area contributed by atoms with E-state index in [4.69, 9.17) is 10.2 Å². The molecule has 0 fully saturated rings. The lowest BCUT2D eigenvalue weighted by molar-refractivity contribution is -0.139. The molecule has 0 spiro atoms. The number of hydrogen-bond acceptors (Lipinski definition) is 3. The molecule has 0 radical (unpaired) electrons. The molecule has 5 nitrogen and oxygen atoms in total. The third-order valence-electron chi connectivity index (χ3n) is 3.53. The highest BCUT2D eigenvalue weighted by Crippen LogP contribution is 2.24. The summed E-state index contributed by atoms with van der Waals surface area (Å²) < 4.78 is 0. The second-order valence-electron chi connectivity index (χ2n) is 5.84. The maximum Gasteiger partial charge on any atom is 0.303 e. The van der Waals surface area contributed by atoms with Gasteiger partial charge in [0.25, 0.3) is 0 Å². The van der Waals surface area contributed by atoms with Gasteiger partial charge >= 0.3 is 11.9 Å². The second-order valence-corrected chi connectivity index (χ2v) is 5.84. The van der Waals surface area contributed by atoms with Crippen molar-refractivity contribution in [2.45, 2.75) is 32.6 Å². The van der Waals surface area contributed by atoms with Crippen LogP contribution in [0.3, 0.4) is 0 Å². The molecule has 2 aromatic rings. The van der Waals surface area contributed by atoms with Gasteiger partial charge in [0, 0.05) is 11.5 Å². The van der Waals surface area contributed by atoms with E-state index in [1.54, 1.807) is 18.2 Å². The Hall–Kier alpha value is -2.95. The van der Waals surface area contributed by atoms with E-state index < -0.39 is 17.9 Å². The quantitative estimate of drug-likeness (QED) is 0.778. The highest BCUT2D eigenvalue weighted by molar-refractivity contribution is 5.74. The minimum Gasteiger partial charge on any atom is -0.481 e. The summed E-state index contributed by atoms with van der Waals surface area (Å²) in [5.74, 6) is -2.42. The molecule has 0 aliphatic carbocycles. The van der Waals surface area contributed by atoms with Crippen molar-refractivity contribution < 1.29 is 24.6 Å². The lowest BCUT2D eigenvalue weighted by Gasteiger charge is -2.13. The molecular formula is C20H22O5. The lowest BCUT2D eigenvalue weighted by Crippen LogP contribution is -2.11. The molecule has 0 saturated heterocycles. The molecular weight excluding hydrogens is 320 g/mol. The van der Waals surface area contributed by atoms with Crippen molar-refractivity contribution >= 4 is 18.2 Å². The predicted molar refractivity (Wildman–Crippen MR) is 95.0 cm³/mol. The van der Waals surface area contributed by atoms with E-state index in [0.717, 1.165) is 28.5 Å². The first-order chi connectivity index (χ1) is 11.8. The third-order valence-corrected chi connectivity index (χ3v) is 3.53. The molecule has 2 N–H and O–H groups in total. The zero-order valence-corrected chi connectivity index (χ0v) is 14.3. The van der Waals surface area contributed by atoms with E-state index in [1.165, 1.54) is 0 Å². The normalized spacial score (nSPS) is 9.88. The molecule has 0 saturated carbocycles. The van der Waals surface area contributed by atoms with Crippen molar-refractivity contribution in [3.8, 4) is 0 Å². The number of carboxylic acid groups (broad SMARTS) is 2. The minimum atomic E-state index is -0.979. The maximum absolute atomic E-state index is 10.7. The van der Waals surface area contributed by atoms with Gasteiger partial charge in [-0.15, -0.1) is 0 Å². The van der Waals surface area contributed by atoms with Gasteiger partial charge in [-0.05, 0) is 25.5 Å². The van der Waals surface area contributed by atoms with E-state index in [-0.39, 0.29) is 12.8 Å². The van der Waals surface area contributed by atoms with Gasteiger partial charge in [-0.2, -0.15) is 0 Å². The number of hydrogen-bond donors (Lipinski definition) is 2. The number of carbonyl (C=O) groups is 3. The van der Waals surface area contributed by atoms with E-state index >= 15 is 0 Å². The average Bonchev–Trinajstić information content (AvgIpc) is 2.54. The minimum absolute atomic E-state index is 0.157.